The lowest BCUT2D eigenvalue weighted by atomic mass is 10.1. The predicted molar refractivity (Wildman–Crippen MR) is 128 cm³/mol. The van der Waals surface area contributed by atoms with Crippen molar-refractivity contribution in [3.05, 3.63) is 98.5 Å². The number of hydrogen-bond acceptors (Lipinski definition) is 4. The number of nitrogens with zero attached hydrogens (tertiary/aromatic N) is 2. The number of ether oxygens (including phenoxy) is 1. The first-order valence-electron chi connectivity index (χ1n) is 9.47. The molecular weight excluding hydrogens is 471 g/mol. The van der Waals surface area contributed by atoms with Crippen molar-refractivity contribution in [2.75, 3.05) is 5.01 Å². The van der Waals surface area contributed by atoms with Crippen molar-refractivity contribution in [2.45, 2.75) is 6.92 Å². The molecule has 0 saturated heterocycles. The number of halogens is 3. The monoisotopic (exact) mass is 484 g/mol. The maximum atomic E-state index is 12.8. The first-order chi connectivity index (χ1) is 15.3. The molecule has 5 nitrogen and oxygen atoms in total. The summed E-state index contributed by atoms with van der Waals surface area (Å²) in [5.74, 6) is -0.733. The van der Waals surface area contributed by atoms with E-state index >= 15 is 0 Å². The highest BCUT2D eigenvalue weighted by Crippen LogP contribution is 2.30. The summed E-state index contributed by atoms with van der Waals surface area (Å²) in [6.07, 6.45) is 1.69. The van der Waals surface area contributed by atoms with Crippen LogP contribution in [-0.4, -0.2) is 17.6 Å². The number of hydrogen-bond donors (Lipinski definition) is 0. The molecular formula is C24H15Cl3N2O3. The van der Waals surface area contributed by atoms with Gasteiger partial charge < -0.3 is 4.74 Å². The third kappa shape index (κ3) is 4.55. The van der Waals surface area contributed by atoms with Gasteiger partial charge in [0, 0.05) is 5.02 Å². The summed E-state index contributed by atoms with van der Waals surface area (Å²) in [5.41, 5.74) is 2.54. The smallest absolute Gasteiger partial charge is 0.345 e. The fourth-order valence-electron chi connectivity index (χ4n) is 3.09. The van der Waals surface area contributed by atoms with Gasteiger partial charge in [0.2, 0.25) is 0 Å². The Balaban J connectivity index is 1.55. The Morgan fingerprint density at radius 2 is 1.72 bits per heavy atom. The van der Waals surface area contributed by atoms with E-state index < -0.39 is 5.97 Å². The van der Waals surface area contributed by atoms with E-state index in [9.17, 15) is 9.59 Å². The van der Waals surface area contributed by atoms with Crippen LogP contribution in [0.2, 0.25) is 15.1 Å². The van der Waals surface area contributed by atoms with Crippen molar-refractivity contribution in [3.8, 4) is 5.75 Å². The number of anilines is 1. The van der Waals surface area contributed by atoms with Gasteiger partial charge in [0.05, 0.1) is 32.6 Å². The van der Waals surface area contributed by atoms with Crippen LogP contribution in [0.4, 0.5) is 5.69 Å². The van der Waals surface area contributed by atoms with Gasteiger partial charge in [0.15, 0.2) is 0 Å². The summed E-state index contributed by atoms with van der Waals surface area (Å²) in [5, 5.41) is 6.50. The molecule has 32 heavy (non-hydrogen) atoms. The SMILES string of the molecule is CC1=NN(c2ccccc2)C(=O)C1=Cc1ccc(OC(=O)c2ccc(Cl)cc2Cl)c(Cl)c1. The van der Waals surface area contributed by atoms with Gasteiger partial charge in [-0.05, 0) is 61.0 Å². The quantitative estimate of drug-likeness (QED) is 0.235. The molecule has 1 aliphatic rings. The zero-order valence-electron chi connectivity index (χ0n) is 16.7. The topological polar surface area (TPSA) is 59.0 Å². The molecule has 0 N–H and O–H groups in total. The number of carbonyl (C=O) groups excluding carboxylic acids is 2. The van der Waals surface area contributed by atoms with Crippen molar-refractivity contribution < 1.29 is 14.3 Å². The summed E-state index contributed by atoms with van der Waals surface area (Å²) in [6, 6.07) is 18.5. The fraction of sp³-hybridized carbons (Fsp3) is 0.0417. The van der Waals surface area contributed by atoms with Crippen LogP contribution >= 0.6 is 34.8 Å². The van der Waals surface area contributed by atoms with Gasteiger partial charge in [0.25, 0.3) is 5.91 Å². The Kier molecular flexibility index (Phi) is 6.33. The Morgan fingerprint density at radius 1 is 0.969 bits per heavy atom. The summed E-state index contributed by atoms with van der Waals surface area (Å²) in [4.78, 5) is 25.3. The van der Waals surface area contributed by atoms with E-state index in [0.29, 0.717) is 27.6 Å². The van der Waals surface area contributed by atoms with Crippen molar-refractivity contribution in [1.29, 1.82) is 0 Å². The van der Waals surface area contributed by atoms with E-state index in [1.54, 1.807) is 37.3 Å². The zero-order valence-corrected chi connectivity index (χ0v) is 18.9. The lowest BCUT2D eigenvalue weighted by molar-refractivity contribution is -0.114. The molecule has 3 aromatic rings. The van der Waals surface area contributed by atoms with Crippen molar-refractivity contribution in [2.24, 2.45) is 5.10 Å². The zero-order chi connectivity index (χ0) is 22.8. The average Bonchev–Trinajstić information content (AvgIpc) is 3.04. The Labute approximate surface area is 199 Å². The number of hydrazone groups is 1. The van der Waals surface area contributed by atoms with Crippen molar-refractivity contribution in [3.63, 3.8) is 0 Å². The van der Waals surface area contributed by atoms with Crippen LogP contribution in [0.25, 0.3) is 6.08 Å². The fourth-order valence-corrected chi connectivity index (χ4v) is 3.81. The van der Waals surface area contributed by atoms with Crippen molar-refractivity contribution in [1.82, 2.24) is 0 Å². The van der Waals surface area contributed by atoms with Gasteiger partial charge in [-0.15, -0.1) is 0 Å². The molecule has 0 bridgehead atoms. The second-order valence-electron chi connectivity index (χ2n) is 6.90. The third-order valence-electron chi connectivity index (χ3n) is 4.68. The van der Waals surface area contributed by atoms with Gasteiger partial charge in [-0.25, -0.2) is 4.79 Å². The number of esters is 1. The molecule has 1 aliphatic heterocycles. The predicted octanol–water partition coefficient (Wildman–Crippen LogP) is 6.67. The van der Waals surface area contributed by atoms with Crippen LogP contribution in [0.3, 0.4) is 0 Å². The lowest BCUT2D eigenvalue weighted by Gasteiger charge is -2.11. The Morgan fingerprint density at radius 3 is 2.41 bits per heavy atom. The molecule has 3 aromatic carbocycles. The summed E-state index contributed by atoms with van der Waals surface area (Å²) >= 11 is 18.2. The Hall–Kier alpha value is -3.12. The molecule has 0 unspecified atom stereocenters. The summed E-state index contributed by atoms with van der Waals surface area (Å²) < 4.78 is 5.38. The van der Waals surface area contributed by atoms with E-state index in [4.69, 9.17) is 39.5 Å². The highest BCUT2D eigenvalue weighted by molar-refractivity contribution is 6.37. The molecule has 8 heteroatoms. The second-order valence-corrected chi connectivity index (χ2v) is 8.15. The van der Waals surface area contributed by atoms with Crippen LogP contribution in [0.5, 0.6) is 5.75 Å². The van der Waals surface area contributed by atoms with Gasteiger partial charge in [0.1, 0.15) is 5.75 Å². The largest absolute Gasteiger partial charge is 0.421 e. The highest BCUT2D eigenvalue weighted by atomic mass is 35.5. The van der Waals surface area contributed by atoms with Crippen LogP contribution in [0.15, 0.2) is 77.4 Å². The molecule has 1 heterocycles. The molecule has 0 atom stereocenters. The molecule has 0 aliphatic carbocycles. The standard InChI is InChI=1S/C24H15Cl3N2O3/c1-14-19(23(30)29(28-14)17-5-3-2-4-6-17)11-15-7-10-22(21(27)12-15)32-24(31)18-9-8-16(25)13-20(18)26/h2-13H,1H3. The summed E-state index contributed by atoms with van der Waals surface area (Å²) in [7, 11) is 0. The maximum absolute atomic E-state index is 12.8. The first kappa shape index (κ1) is 22.1. The van der Waals surface area contributed by atoms with E-state index in [1.807, 2.05) is 30.3 Å². The van der Waals surface area contributed by atoms with Crippen LogP contribution < -0.4 is 9.75 Å². The third-order valence-corrected chi connectivity index (χ3v) is 5.53. The molecule has 0 spiro atoms. The van der Waals surface area contributed by atoms with Crippen LogP contribution in [0.1, 0.15) is 22.8 Å². The minimum Gasteiger partial charge on any atom is -0.421 e. The first-order valence-corrected chi connectivity index (χ1v) is 10.6. The molecule has 0 radical (unpaired) electrons. The van der Waals surface area contributed by atoms with Gasteiger partial charge >= 0.3 is 5.97 Å². The molecule has 0 aromatic heterocycles. The summed E-state index contributed by atoms with van der Waals surface area (Å²) in [6.45, 7) is 1.76. The molecule has 0 saturated carbocycles. The number of rotatable bonds is 4. The van der Waals surface area contributed by atoms with Gasteiger partial charge in [-0.1, -0.05) is 59.1 Å². The second kappa shape index (κ2) is 9.17. The molecule has 4 rings (SSSR count). The van der Waals surface area contributed by atoms with Crippen LogP contribution in [-0.2, 0) is 4.79 Å². The lowest BCUT2D eigenvalue weighted by Crippen LogP contribution is -2.21. The number of para-hydroxylation sites is 1. The van der Waals surface area contributed by atoms with Crippen LogP contribution in [0, 0.1) is 0 Å². The average molecular weight is 486 g/mol. The maximum Gasteiger partial charge on any atom is 0.345 e. The number of benzene rings is 3. The van der Waals surface area contributed by atoms with E-state index in [1.165, 1.54) is 17.1 Å². The number of carbonyl (C=O) groups is 2. The van der Waals surface area contributed by atoms with Crippen molar-refractivity contribution >= 4 is 64.2 Å². The van der Waals surface area contributed by atoms with Gasteiger partial charge in [-0.2, -0.15) is 10.1 Å². The molecule has 1 amide bonds. The van der Waals surface area contributed by atoms with E-state index in [0.717, 1.165) is 0 Å². The minimum absolute atomic E-state index is 0.166. The normalized spacial score (nSPS) is 14.6. The highest BCUT2D eigenvalue weighted by Gasteiger charge is 2.28. The van der Waals surface area contributed by atoms with Gasteiger partial charge in [-0.3, -0.25) is 4.79 Å². The molecule has 160 valence electrons. The van der Waals surface area contributed by atoms with E-state index in [2.05, 4.69) is 5.10 Å². The Bertz CT molecular complexity index is 1290. The minimum atomic E-state index is -0.660. The molecule has 0 fully saturated rings. The van der Waals surface area contributed by atoms with E-state index in [-0.39, 0.29) is 27.3 Å². The number of amides is 1.